The van der Waals surface area contributed by atoms with Crippen molar-refractivity contribution in [1.82, 2.24) is 25.1 Å². The van der Waals surface area contributed by atoms with Crippen molar-refractivity contribution >= 4 is 5.91 Å². The zero-order valence-electron chi connectivity index (χ0n) is 13.2. The highest BCUT2D eigenvalue weighted by Gasteiger charge is 2.25. The Bertz CT molecular complexity index is 913. The second kappa shape index (κ2) is 6.31. The molecule has 0 saturated heterocycles. The summed E-state index contributed by atoms with van der Waals surface area (Å²) in [6.07, 6.45) is 1.42. The van der Waals surface area contributed by atoms with Gasteiger partial charge in [0.25, 0.3) is 5.91 Å². The Balaban J connectivity index is 1.69. The van der Waals surface area contributed by atoms with Crippen LogP contribution in [-0.4, -0.2) is 44.2 Å². The molecule has 0 fully saturated rings. The maximum Gasteiger partial charge on any atom is 0.256 e. The number of fused-ring (bicyclic) bond motifs is 1. The van der Waals surface area contributed by atoms with Gasteiger partial charge < -0.3 is 9.64 Å². The van der Waals surface area contributed by atoms with Gasteiger partial charge in [0.1, 0.15) is 24.5 Å². The summed E-state index contributed by atoms with van der Waals surface area (Å²) in [5.74, 6) is -0.138. The van der Waals surface area contributed by atoms with E-state index in [0.717, 1.165) is 0 Å². The van der Waals surface area contributed by atoms with Crippen molar-refractivity contribution < 1.29 is 13.9 Å². The van der Waals surface area contributed by atoms with Gasteiger partial charge in [-0.15, -0.1) is 5.10 Å². The lowest BCUT2D eigenvalue weighted by Gasteiger charge is -2.21. The molecule has 0 saturated carbocycles. The summed E-state index contributed by atoms with van der Waals surface area (Å²) in [6.45, 7) is 0.802. The molecule has 0 spiro atoms. The van der Waals surface area contributed by atoms with E-state index in [9.17, 15) is 9.18 Å². The van der Waals surface area contributed by atoms with Gasteiger partial charge in [0.15, 0.2) is 0 Å². The number of hydrogen-bond acceptors (Lipinski definition) is 5. The van der Waals surface area contributed by atoms with Crippen LogP contribution >= 0.6 is 0 Å². The van der Waals surface area contributed by atoms with Gasteiger partial charge in [-0.25, -0.2) is 4.39 Å². The molecule has 0 atom stereocenters. The molecular weight excluding hydrogens is 325 g/mol. The second-order valence-corrected chi connectivity index (χ2v) is 5.56. The summed E-state index contributed by atoms with van der Waals surface area (Å²) >= 11 is 0. The van der Waals surface area contributed by atoms with Gasteiger partial charge in [0.2, 0.25) is 0 Å². The highest BCUT2D eigenvalue weighted by atomic mass is 19.1. The van der Waals surface area contributed by atoms with Crippen molar-refractivity contribution in [1.29, 1.82) is 0 Å². The molecule has 3 aromatic rings. The van der Waals surface area contributed by atoms with E-state index in [-0.39, 0.29) is 18.3 Å². The van der Waals surface area contributed by atoms with E-state index in [1.165, 1.54) is 17.1 Å². The summed E-state index contributed by atoms with van der Waals surface area (Å²) in [5.41, 5.74) is 1.39. The highest BCUT2D eigenvalue weighted by molar-refractivity contribution is 5.97. The van der Waals surface area contributed by atoms with Gasteiger partial charge in [-0.3, -0.25) is 4.79 Å². The van der Waals surface area contributed by atoms with Crippen LogP contribution in [0, 0.1) is 5.82 Å². The van der Waals surface area contributed by atoms with Crippen LogP contribution in [0.3, 0.4) is 0 Å². The monoisotopic (exact) mass is 339 g/mol. The Morgan fingerprint density at radius 1 is 1.16 bits per heavy atom. The molecule has 0 bridgehead atoms. The first-order valence-corrected chi connectivity index (χ1v) is 7.76. The number of aromatic nitrogens is 4. The molecular formula is C17H14FN5O2. The van der Waals surface area contributed by atoms with E-state index < -0.39 is 0 Å². The summed E-state index contributed by atoms with van der Waals surface area (Å²) in [5, 5.41) is 11.1. The molecule has 126 valence electrons. The van der Waals surface area contributed by atoms with E-state index in [1.807, 2.05) is 0 Å². The van der Waals surface area contributed by atoms with Crippen molar-refractivity contribution in [3.63, 3.8) is 0 Å². The average molecular weight is 339 g/mol. The molecule has 0 radical (unpaired) electrons. The Morgan fingerprint density at radius 3 is 2.88 bits per heavy atom. The van der Waals surface area contributed by atoms with E-state index in [0.29, 0.717) is 35.7 Å². The van der Waals surface area contributed by atoms with Gasteiger partial charge in [-0.05, 0) is 34.7 Å². The normalized spacial score (nSPS) is 13.7. The molecule has 8 heteroatoms. The lowest BCUT2D eigenvalue weighted by Crippen LogP contribution is -2.33. The summed E-state index contributed by atoms with van der Waals surface area (Å²) in [4.78, 5) is 14.6. The van der Waals surface area contributed by atoms with Crippen LogP contribution < -0.4 is 4.74 Å². The second-order valence-electron chi connectivity index (χ2n) is 5.56. The molecule has 1 amide bonds. The smallest absolute Gasteiger partial charge is 0.256 e. The summed E-state index contributed by atoms with van der Waals surface area (Å²) < 4.78 is 21.1. The fourth-order valence-corrected chi connectivity index (χ4v) is 2.83. The molecule has 1 aliphatic heterocycles. The lowest BCUT2D eigenvalue weighted by molar-refractivity contribution is 0.0732. The summed E-state index contributed by atoms with van der Waals surface area (Å²) in [7, 11) is 0. The van der Waals surface area contributed by atoms with Crippen LogP contribution in [0.5, 0.6) is 5.75 Å². The van der Waals surface area contributed by atoms with Crippen LogP contribution in [-0.2, 0) is 6.54 Å². The minimum Gasteiger partial charge on any atom is -0.491 e. The maximum absolute atomic E-state index is 14.1. The van der Waals surface area contributed by atoms with Crippen LogP contribution in [0.4, 0.5) is 4.39 Å². The number of benzene rings is 2. The number of carbonyl (C=O) groups is 1. The third kappa shape index (κ3) is 2.82. The standard InChI is InChI=1S/C17H14FN5O2/c18-14-5-3-7-16-13(14)10-22(8-9-25-16)17(24)12-4-1-2-6-15(12)23-11-19-20-21-23/h1-7,11H,8-10H2. The first-order chi connectivity index (χ1) is 12.2. The quantitative estimate of drug-likeness (QED) is 0.712. The number of para-hydroxylation sites is 1. The number of tetrazole rings is 1. The molecule has 1 aliphatic rings. The van der Waals surface area contributed by atoms with Gasteiger partial charge in [0.05, 0.1) is 24.3 Å². The predicted molar refractivity (Wildman–Crippen MR) is 85.8 cm³/mol. The van der Waals surface area contributed by atoms with Crippen LogP contribution in [0.25, 0.3) is 5.69 Å². The SMILES string of the molecule is O=C(c1ccccc1-n1cnnn1)N1CCOc2cccc(F)c2C1. The number of nitrogens with zero attached hydrogens (tertiary/aromatic N) is 5. The third-order valence-corrected chi connectivity index (χ3v) is 4.06. The predicted octanol–water partition coefficient (Wildman–Crippen LogP) is 1.84. The number of amides is 1. The first kappa shape index (κ1) is 15.3. The number of hydrogen-bond donors (Lipinski definition) is 0. The van der Waals surface area contributed by atoms with Crippen molar-refractivity contribution in [2.45, 2.75) is 6.54 Å². The molecule has 2 heterocycles. The molecule has 4 rings (SSSR count). The minimum absolute atomic E-state index is 0.144. The first-order valence-electron chi connectivity index (χ1n) is 7.76. The Kier molecular flexibility index (Phi) is 3.85. The van der Waals surface area contributed by atoms with E-state index >= 15 is 0 Å². The zero-order valence-corrected chi connectivity index (χ0v) is 13.2. The van der Waals surface area contributed by atoms with Gasteiger partial charge in [-0.1, -0.05) is 18.2 Å². The minimum atomic E-state index is -0.383. The highest BCUT2D eigenvalue weighted by Crippen LogP contribution is 2.27. The fraction of sp³-hybridized carbons (Fsp3) is 0.176. The molecule has 25 heavy (non-hydrogen) atoms. The van der Waals surface area contributed by atoms with E-state index in [4.69, 9.17) is 4.74 Å². The van der Waals surface area contributed by atoms with Crippen molar-refractivity contribution in [2.24, 2.45) is 0 Å². The van der Waals surface area contributed by atoms with Crippen LogP contribution in [0.2, 0.25) is 0 Å². The molecule has 7 nitrogen and oxygen atoms in total. The van der Waals surface area contributed by atoms with Crippen molar-refractivity contribution in [2.75, 3.05) is 13.2 Å². The van der Waals surface area contributed by atoms with Gasteiger partial charge in [0, 0.05) is 5.56 Å². The van der Waals surface area contributed by atoms with Gasteiger partial charge >= 0.3 is 0 Å². The Hall–Kier alpha value is -3.29. The fourth-order valence-electron chi connectivity index (χ4n) is 2.83. The van der Waals surface area contributed by atoms with Crippen molar-refractivity contribution in [3.05, 3.63) is 65.7 Å². The van der Waals surface area contributed by atoms with Crippen LogP contribution in [0.1, 0.15) is 15.9 Å². The Labute approximate surface area is 142 Å². The molecule has 0 N–H and O–H groups in total. The third-order valence-electron chi connectivity index (χ3n) is 4.06. The molecule has 2 aromatic carbocycles. The Morgan fingerprint density at radius 2 is 2.04 bits per heavy atom. The molecule has 1 aromatic heterocycles. The topological polar surface area (TPSA) is 73.1 Å². The van der Waals surface area contributed by atoms with Crippen molar-refractivity contribution in [3.8, 4) is 11.4 Å². The number of ether oxygens (including phenoxy) is 1. The van der Waals surface area contributed by atoms with E-state index in [2.05, 4.69) is 15.5 Å². The zero-order chi connectivity index (χ0) is 17.2. The number of halogens is 1. The largest absolute Gasteiger partial charge is 0.491 e. The lowest BCUT2D eigenvalue weighted by atomic mass is 10.1. The summed E-state index contributed by atoms with van der Waals surface area (Å²) in [6, 6.07) is 11.7. The average Bonchev–Trinajstić information content (AvgIpc) is 3.08. The number of carbonyl (C=O) groups excluding carboxylic acids is 1. The van der Waals surface area contributed by atoms with E-state index in [1.54, 1.807) is 41.3 Å². The maximum atomic E-state index is 14.1. The number of rotatable bonds is 2. The van der Waals surface area contributed by atoms with Gasteiger partial charge in [-0.2, -0.15) is 4.68 Å². The van der Waals surface area contributed by atoms with Crippen LogP contribution in [0.15, 0.2) is 48.8 Å². The molecule has 0 unspecified atom stereocenters. The molecule has 0 aliphatic carbocycles.